The van der Waals surface area contributed by atoms with Crippen LogP contribution in [-0.4, -0.2) is 51.0 Å². The molecule has 0 amide bonds. The van der Waals surface area contributed by atoms with Gasteiger partial charge in [-0.05, 0) is 5.56 Å². The fraction of sp³-hybridized carbons (Fsp3) is 0.278. The Kier molecular flexibility index (Phi) is 7.64. The van der Waals surface area contributed by atoms with E-state index in [1.165, 1.54) is 0 Å². The highest BCUT2D eigenvalue weighted by Crippen LogP contribution is 2.16. The minimum atomic E-state index is 0. The summed E-state index contributed by atoms with van der Waals surface area (Å²) in [4.78, 5) is 18.3. The van der Waals surface area contributed by atoms with Crippen molar-refractivity contribution in [1.29, 1.82) is 0 Å². The smallest absolute Gasteiger partial charge is 0.193 e. The first-order valence-corrected chi connectivity index (χ1v) is 8.23. The van der Waals surface area contributed by atoms with Gasteiger partial charge in [0.25, 0.3) is 0 Å². The van der Waals surface area contributed by atoms with Crippen molar-refractivity contribution in [2.45, 2.75) is 13.1 Å². The number of hydrogen-bond acceptors (Lipinski definition) is 3. The lowest BCUT2D eigenvalue weighted by Crippen LogP contribution is -2.40. The lowest BCUT2D eigenvalue weighted by molar-refractivity contribution is 0.461. The second-order valence-corrected chi connectivity index (χ2v) is 5.74. The Balaban J connectivity index is 0.00000243. The van der Waals surface area contributed by atoms with Gasteiger partial charge in [-0.1, -0.05) is 30.3 Å². The van der Waals surface area contributed by atoms with Crippen LogP contribution in [0.5, 0.6) is 0 Å². The molecule has 1 aromatic carbocycles. The van der Waals surface area contributed by atoms with E-state index >= 15 is 0 Å². The second-order valence-electron chi connectivity index (χ2n) is 5.74. The van der Waals surface area contributed by atoms with Gasteiger partial charge < -0.3 is 19.8 Å². The average Bonchev–Trinajstić information content (AvgIpc) is 3.31. The van der Waals surface area contributed by atoms with Gasteiger partial charge in [0.2, 0.25) is 0 Å². The van der Waals surface area contributed by atoms with Crippen molar-refractivity contribution in [1.82, 2.24) is 29.7 Å². The minimum Gasteiger partial charge on any atom is -0.354 e. The Bertz CT molecular complexity index is 796. The molecule has 2 N–H and O–H groups in total. The summed E-state index contributed by atoms with van der Waals surface area (Å²) < 4.78 is 2.03. The molecule has 0 fully saturated rings. The topological polar surface area (TPSA) is 74.1 Å². The molecule has 2 aromatic heterocycles. The molecule has 0 atom stereocenters. The monoisotopic (exact) mass is 465 g/mol. The molecule has 0 saturated carbocycles. The Morgan fingerprint density at radius 1 is 1.31 bits per heavy atom. The summed E-state index contributed by atoms with van der Waals surface area (Å²) in [7, 11) is 3.78. The van der Waals surface area contributed by atoms with Crippen LogP contribution < -0.4 is 5.32 Å². The minimum absolute atomic E-state index is 0. The molecule has 0 saturated heterocycles. The van der Waals surface area contributed by atoms with Gasteiger partial charge >= 0.3 is 0 Å². The molecule has 7 nitrogen and oxygen atoms in total. The number of aliphatic imine (C=N–C) groups is 1. The first-order chi connectivity index (χ1) is 12.3. The van der Waals surface area contributed by atoms with Crippen LogP contribution in [0.1, 0.15) is 5.82 Å². The van der Waals surface area contributed by atoms with E-state index in [0.717, 1.165) is 36.1 Å². The molecule has 3 aromatic rings. The number of nitrogens with one attached hydrogen (secondary N) is 2. The number of halogens is 1. The van der Waals surface area contributed by atoms with Gasteiger partial charge in [0.05, 0.1) is 24.8 Å². The molecule has 0 aliphatic rings. The van der Waals surface area contributed by atoms with E-state index in [9.17, 15) is 0 Å². The summed E-state index contributed by atoms with van der Waals surface area (Å²) in [5.41, 5.74) is 2.15. The SMILES string of the molecule is CN=C(NCCn1ccnc1)N(C)Cc1ncc(-c2ccccc2)[nH]1.I. The Morgan fingerprint density at radius 2 is 2.12 bits per heavy atom. The Morgan fingerprint density at radius 3 is 2.81 bits per heavy atom. The third-order valence-corrected chi connectivity index (χ3v) is 3.89. The molecule has 0 aliphatic heterocycles. The van der Waals surface area contributed by atoms with Crippen molar-refractivity contribution < 1.29 is 0 Å². The summed E-state index contributed by atoms with van der Waals surface area (Å²) in [5.74, 6) is 1.73. The van der Waals surface area contributed by atoms with Gasteiger partial charge in [0.15, 0.2) is 5.96 Å². The van der Waals surface area contributed by atoms with Crippen LogP contribution in [0.3, 0.4) is 0 Å². The third-order valence-electron chi connectivity index (χ3n) is 3.89. The first-order valence-electron chi connectivity index (χ1n) is 8.23. The van der Waals surface area contributed by atoms with Gasteiger partial charge in [-0.25, -0.2) is 9.97 Å². The standard InChI is InChI=1S/C18H23N7.HI/c1-19-18(21-9-11-25-10-8-20-14-25)24(2)13-17-22-12-16(23-17)15-6-4-3-5-7-15;/h3-8,10,12,14H,9,11,13H2,1-2H3,(H,19,21)(H,22,23);1H. The first kappa shape index (κ1) is 20.0. The number of rotatable bonds is 6. The van der Waals surface area contributed by atoms with Gasteiger partial charge in [0.1, 0.15) is 5.82 Å². The van der Waals surface area contributed by atoms with Crippen LogP contribution in [0.25, 0.3) is 11.3 Å². The van der Waals surface area contributed by atoms with Crippen LogP contribution >= 0.6 is 24.0 Å². The second kappa shape index (κ2) is 9.95. The molecule has 0 radical (unpaired) electrons. The van der Waals surface area contributed by atoms with E-state index in [0.29, 0.717) is 6.54 Å². The van der Waals surface area contributed by atoms with Crippen LogP contribution in [-0.2, 0) is 13.1 Å². The molecule has 0 bridgehead atoms. The van der Waals surface area contributed by atoms with Gasteiger partial charge in [-0.2, -0.15) is 0 Å². The zero-order valence-electron chi connectivity index (χ0n) is 15.0. The predicted molar refractivity (Wildman–Crippen MR) is 114 cm³/mol. The highest BCUT2D eigenvalue weighted by molar-refractivity contribution is 14.0. The Labute approximate surface area is 170 Å². The maximum atomic E-state index is 4.48. The third kappa shape index (κ3) is 5.32. The van der Waals surface area contributed by atoms with Crippen LogP contribution in [0.15, 0.2) is 60.2 Å². The van der Waals surface area contributed by atoms with Crippen LogP contribution in [0, 0.1) is 0 Å². The number of imidazole rings is 2. The quantitative estimate of drug-likeness (QED) is 0.334. The number of guanidine groups is 1. The van der Waals surface area contributed by atoms with Crippen molar-refractivity contribution in [3.05, 3.63) is 61.1 Å². The highest BCUT2D eigenvalue weighted by atomic mass is 127. The number of hydrogen-bond donors (Lipinski definition) is 2. The normalized spacial score (nSPS) is 11.1. The summed E-state index contributed by atoms with van der Waals surface area (Å²) >= 11 is 0. The molecule has 26 heavy (non-hydrogen) atoms. The maximum absolute atomic E-state index is 4.48. The zero-order valence-corrected chi connectivity index (χ0v) is 17.3. The van der Waals surface area contributed by atoms with E-state index in [1.54, 1.807) is 13.2 Å². The predicted octanol–water partition coefficient (Wildman–Crippen LogP) is 2.60. The van der Waals surface area contributed by atoms with Crippen LogP contribution in [0.2, 0.25) is 0 Å². The van der Waals surface area contributed by atoms with Crippen LogP contribution in [0.4, 0.5) is 0 Å². The number of aromatic amines is 1. The van der Waals surface area contributed by atoms with E-state index < -0.39 is 0 Å². The molecule has 0 aliphatic carbocycles. The lowest BCUT2D eigenvalue weighted by Gasteiger charge is -2.21. The van der Waals surface area contributed by atoms with E-state index in [-0.39, 0.29) is 24.0 Å². The molecule has 138 valence electrons. The summed E-state index contributed by atoms with van der Waals surface area (Å²) in [6, 6.07) is 10.2. The fourth-order valence-electron chi connectivity index (χ4n) is 2.61. The average molecular weight is 465 g/mol. The summed E-state index contributed by atoms with van der Waals surface area (Å²) in [6.45, 7) is 2.27. The number of nitrogens with zero attached hydrogens (tertiary/aromatic N) is 5. The number of benzene rings is 1. The van der Waals surface area contributed by atoms with Gasteiger partial charge in [0, 0.05) is 39.6 Å². The number of H-pyrrole nitrogens is 1. The number of aromatic nitrogens is 4. The van der Waals surface area contributed by atoms with Crippen molar-refractivity contribution >= 4 is 29.9 Å². The largest absolute Gasteiger partial charge is 0.354 e. The van der Waals surface area contributed by atoms with Gasteiger partial charge in [-0.15, -0.1) is 24.0 Å². The molecule has 0 unspecified atom stereocenters. The molecular weight excluding hydrogens is 441 g/mol. The van der Waals surface area contributed by atoms with E-state index in [1.807, 2.05) is 53.4 Å². The summed E-state index contributed by atoms with van der Waals surface area (Å²) in [5, 5.41) is 3.35. The van der Waals surface area contributed by atoms with Crippen molar-refractivity contribution in [3.8, 4) is 11.3 Å². The molecule has 0 spiro atoms. The summed E-state index contributed by atoms with van der Waals surface area (Å²) in [6.07, 6.45) is 7.40. The van der Waals surface area contributed by atoms with Crippen molar-refractivity contribution in [2.24, 2.45) is 4.99 Å². The fourth-order valence-corrected chi connectivity index (χ4v) is 2.61. The van der Waals surface area contributed by atoms with Crippen molar-refractivity contribution in [2.75, 3.05) is 20.6 Å². The Hall–Kier alpha value is -2.36. The van der Waals surface area contributed by atoms with Gasteiger partial charge in [-0.3, -0.25) is 4.99 Å². The molecule has 8 heteroatoms. The molecular formula is C18H24IN7. The van der Waals surface area contributed by atoms with E-state index in [2.05, 4.69) is 37.4 Å². The molecule has 3 rings (SSSR count). The molecule has 2 heterocycles. The maximum Gasteiger partial charge on any atom is 0.193 e. The zero-order chi connectivity index (χ0) is 17.5. The van der Waals surface area contributed by atoms with E-state index in [4.69, 9.17) is 0 Å². The highest BCUT2D eigenvalue weighted by Gasteiger charge is 2.09. The van der Waals surface area contributed by atoms with Crippen molar-refractivity contribution in [3.63, 3.8) is 0 Å². The lowest BCUT2D eigenvalue weighted by atomic mass is 10.2.